The lowest BCUT2D eigenvalue weighted by atomic mass is 10.3. The molecule has 11 heavy (non-hydrogen) atoms. The van der Waals surface area contributed by atoms with Crippen molar-refractivity contribution in [3.63, 3.8) is 0 Å². The van der Waals surface area contributed by atoms with Crippen LogP contribution in [0.25, 0.3) is 0 Å². The Morgan fingerprint density at radius 2 is 2.00 bits per heavy atom. The molecule has 0 unspecified atom stereocenters. The van der Waals surface area contributed by atoms with Crippen molar-refractivity contribution in [3.8, 4) is 0 Å². The molecule has 3 heteroatoms. The van der Waals surface area contributed by atoms with Crippen molar-refractivity contribution in [2.75, 3.05) is 6.61 Å². The molecule has 0 aromatic rings. The van der Waals surface area contributed by atoms with Gasteiger partial charge < -0.3 is 5.11 Å². The second-order valence-corrected chi connectivity index (χ2v) is 10.9. The average molecular weight is 284 g/mol. The van der Waals surface area contributed by atoms with Crippen molar-refractivity contribution in [2.45, 2.75) is 32.5 Å². The lowest BCUT2D eigenvalue weighted by Gasteiger charge is -2.14. The number of rotatable bonds is 4. The average Bonchev–Trinajstić information content (AvgIpc) is 1.86. The van der Waals surface area contributed by atoms with E-state index in [9.17, 15) is 0 Å². The first-order chi connectivity index (χ1) is 4.98. The van der Waals surface area contributed by atoms with Gasteiger partial charge in [-0.3, -0.25) is 0 Å². The Kier molecular flexibility index (Phi) is 5.63. The summed E-state index contributed by atoms with van der Waals surface area (Å²) in [5.74, 6) is 0. The Labute approximate surface area is 84.0 Å². The van der Waals surface area contributed by atoms with Crippen LogP contribution in [0.3, 0.4) is 0 Å². The fraction of sp³-hybridized carbons (Fsp3) is 0.750. The Morgan fingerprint density at radius 1 is 1.45 bits per heavy atom. The van der Waals surface area contributed by atoms with Crippen molar-refractivity contribution in [3.05, 3.63) is 9.28 Å². The fourth-order valence-corrected chi connectivity index (χ4v) is 1.69. The summed E-state index contributed by atoms with van der Waals surface area (Å²) < 4.78 is 1.52. The van der Waals surface area contributed by atoms with E-state index in [-0.39, 0.29) is 0 Å². The molecule has 1 nitrogen and oxygen atoms in total. The maximum Gasteiger partial charge on any atom is 0.0850 e. The van der Waals surface area contributed by atoms with Crippen LogP contribution in [0, 0.1) is 0 Å². The first-order valence-electron chi connectivity index (χ1n) is 3.95. The number of aliphatic hydroxyl groups excluding tert-OH is 1. The van der Waals surface area contributed by atoms with Gasteiger partial charge in [0.1, 0.15) is 0 Å². The van der Waals surface area contributed by atoms with Crippen LogP contribution in [0.15, 0.2) is 9.28 Å². The van der Waals surface area contributed by atoms with E-state index >= 15 is 0 Å². The third-order valence-corrected chi connectivity index (χ3v) is 8.33. The molecule has 0 saturated carbocycles. The van der Waals surface area contributed by atoms with E-state index in [4.69, 9.17) is 5.11 Å². The maximum absolute atomic E-state index is 8.56. The third-order valence-electron chi connectivity index (χ3n) is 1.40. The topological polar surface area (TPSA) is 20.2 Å². The van der Waals surface area contributed by atoms with E-state index < -0.39 is 8.07 Å². The first-order valence-corrected chi connectivity index (χ1v) is 8.53. The summed E-state index contributed by atoms with van der Waals surface area (Å²) in [7, 11) is -1.04. The Bertz CT molecular complexity index is 138. The summed E-state index contributed by atoms with van der Waals surface area (Å²) in [6.07, 6.45) is 4.19. The summed E-state index contributed by atoms with van der Waals surface area (Å²) in [4.78, 5) is 0. The van der Waals surface area contributed by atoms with Crippen molar-refractivity contribution >= 4 is 30.7 Å². The van der Waals surface area contributed by atoms with Gasteiger partial charge >= 0.3 is 0 Å². The van der Waals surface area contributed by atoms with Gasteiger partial charge in [-0.1, -0.05) is 48.3 Å². The predicted molar refractivity (Wildman–Crippen MR) is 61.8 cm³/mol. The van der Waals surface area contributed by atoms with Crippen molar-refractivity contribution in [1.82, 2.24) is 0 Å². The molecule has 0 aromatic carbocycles. The van der Waals surface area contributed by atoms with Crippen molar-refractivity contribution < 1.29 is 5.11 Å². The zero-order valence-electron chi connectivity index (χ0n) is 7.52. The van der Waals surface area contributed by atoms with Gasteiger partial charge in [0.15, 0.2) is 0 Å². The molecule has 0 rings (SSSR count). The zero-order valence-corrected chi connectivity index (χ0v) is 10.7. The molecule has 0 aromatic heterocycles. The lowest BCUT2D eigenvalue weighted by molar-refractivity contribution is 0.289. The smallest absolute Gasteiger partial charge is 0.0850 e. The van der Waals surface area contributed by atoms with Gasteiger partial charge in [-0.15, -0.1) is 0 Å². The molecular weight excluding hydrogens is 267 g/mol. The highest BCUT2D eigenvalue weighted by molar-refractivity contribution is 14.1. The van der Waals surface area contributed by atoms with E-state index in [1.54, 1.807) is 0 Å². The minimum atomic E-state index is -1.04. The highest BCUT2D eigenvalue weighted by Gasteiger charge is 2.15. The van der Waals surface area contributed by atoms with Gasteiger partial charge in [0.25, 0.3) is 0 Å². The van der Waals surface area contributed by atoms with Gasteiger partial charge in [0.2, 0.25) is 0 Å². The van der Waals surface area contributed by atoms with Crippen LogP contribution in [0.4, 0.5) is 0 Å². The molecule has 0 aliphatic carbocycles. The monoisotopic (exact) mass is 284 g/mol. The van der Waals surface area contributed by atoms with Crippen molar-refractivity contribution in [2.24, 2.45) is 0 Å². The highest BCUT2D eigenvalue weighted by atomic mass is 127. The summed E-state index contributed by atoms with van der Waals surface area (Å²) >= 11 is 2.43. The normalized spacial score (nSPS) is 13.7. The molecule has 0 radical (unpaired) electrons. The van der Waals surface area contributed by atoms with Crippen LogP contribution in [-0.2, 0) is 0 Å². The molecule has 0 atom stereocenters. The van der Waals surface area contributed by atoms with Crippen LogP contribution in [-0.4, -0.2) is 19.8 Å². The number of allylic oxidation sites excluding steroid dienone is 1. The number of halogens is 1. The highest BCUT2D eigenvalue weighted by Crippen LogP contribution is 2.21. The fourth-order valence-electron chi connectivity index (χ4n) is 0.626. The largest absolute Gasteiger partial charge is 0.396 e. The zero-order chi connectivity index (χ0) is 8.91. The van der Waals surface area contributed by atoms with Crippen LogP contribution < -0.4 is 0 Å². The number of hydrogen-bond acceptors (Lipinski definition) is 1. The first kappa shape index (κ1) is 11.6. The molecule has 0 bridgehead atoms. The van der Waals surface area contributed by atoms with Crippen LogP contribution in [0.2, 0.25) is 19.6 Å². The standard InChI is InChI=1S/C8H17IOSi/c1-11(2,3)8(9)6-4-5-7-10/h6,10H,4-5,7H2,1-3H3/b8-6+. The second-order valence-electron chi connectivity index (χ2n) is 3.67. The van der Waals surface area contributed by atoms with E-state index in [1.807, 2.05) is 0 Å². The maximum atomic E-state index is 8.56. The molecule has 0 amide bonds. The van der Waals surface area contributed by atoms with E-state index in [2.05, 4.69) is 48.3 Å². The van der Waals surface area contributed by atoms with Crippen LogP contribution >= 0.6 is 22.6 Å². The molecule has 0 fully saturated rings. The Hall–Kier alpha value is 0.647. The third kappa shape index (κ3) is 5.87. The van der Waals surface area contributed by atoms with Crippen LogP contribution in [0.5, 0.6) is 0 Å². The van der Waals surface area contributed by atoms with Gasteiger partial charge in [0, 0.05) is 6.61 Å². The number of hydrogen-bond donors (Lipinski definition) is 1. The molecule has 0 aliphatic rings. The van der Waals surface area contributed by atoms with Gasteiger partial charge in [-0.05, 0) is 16.0 Å². The quantitative estimate of drug-likeness (QED) is 0.478. The SMILES string of the molecule is C[Si](C)(C)/C(I)=C/CCCO. The summed E-state index contributed by atoms with van der Waals surface area (Å²) in [5.41, 5.74) is 0. The molecule has 0 aliphatic heterocycles. The lowest BCUT2D eigenvalue weighted by Crippen LogP contribution is -2.20. The van der Waals surface area contributed by atoms with Gasteiger partial charge in [-0.25, -0.2) is 0 Å². The molecule has 0 spiro atoms. The molecule has 66 valence electrons. The van der Waals surface area contributed by atoms with Crippen molar-refractivity contribution in [1.29, 1.82) is 0 Å². The minimum absolute atomic E-state index is 0.312. The second kappa shape index (κ2) is 5.32. The molecule has 0 heterocycles. The summed E-state index contributed by atoms with van der Waals surface area (Å²) in [6, 6.07) is 0. The van der Waals surface area contributed by atoms with E-state index in [0.717, 1.165) is 12.8 Å². The van der Waals surface area contributed by atoms with Gasteiger partial charge in [0.05, 0.1) is 8.07 Å². The number of aliphatic hydroxyl groups is 1. The predicted octanol–water partition coefficient (Wildman–Crippen LogP) is 2.96. The van der Waals surface area contributed by atoms with Crippen LogP contribution in [0.1, 0.15) is 12.8 Å². The van der Waals surface area contributed by atoms with Gasteiger partial charge in [-0.2, -0.15) is 0 Å². The number of unbranched alkanes of at least 4 members (excludes halogenated alkanes) is 1. The molecule has 1 N–H and O–H groups in total. The molecular formula is C8H17IOSi. The summed E-state index contributed by atoms with van der Waals surface area (Å²) in [6.45, 7) is 7.32. The van der Waals surface area contributed by atoms with E-state index in [1.165, 1.54) is 3.20 Å². The van der Waals surface area contributed by atoms with E-state index in [0.29, 0.717) is 6.61 Å². The summed E-state index contributed by atoms with van der Waals surface area (Å²) in [5, 5.41) is 8.56. The Balaban J connectivity index is 3.81. The molecule has 0 saturated heterocycles. The Morgan fingerprint density at radius 3 is 2.36 bits per heavy atom. The minimum Gasteiger partial charge on any atom is -0.396 e.